The molecule has 0 aliphatic carbocycles. The van der Waals surface area contributed by atoms with Gasteiger partial charge in [-0.05, 0) is 32.4 Å². The lowest BCUT2D eigenvalue weighted by Gasteiger charge is -2.25. The van der Waals surface area contributed by atoms with Crippen LogP contribution in [0.2, 0.25) is 0 Å². The fraction of sp³-hybridized carbons (Fsp3) is 0.857. The van der Waals surface area contributed by atoms with E-state index < -0.39 is 0 Å². The molecule has 6 heteroatoms. The van der Waals surface area contributed by atoms with E-state index in [-0.39, 0.29) is 18.4 Å². The van der Waals surface area contributed by atoms with E-state index >= 15 is 0 Å². The zero-order valence-corrected chi connectivity index (χ0v) is 12.4. The summed E-state index contributed by atoms with van der Waals surface area (Å²) in [5.74, 6) is 0.121. The van der Waals surface area contributed by atoms with Gasteiger partial charge in [0.05, 0.1) is 13.1 Å². The highest BCUT2D eigenvalue weighted by Crippen LogP contribution is 2.08. The highest BCUT2D eigenvalue weighted by molar-refractivity contribution is 5.85. The maximum absolute atomic E-state index is 12.2. The van der Waals surface area contributed by atoms with Crippen LogP contribution in [0.3, 0.4) is 0 Å². The van der Waals surface area contributed by atoms with Crippen LogP contribution < -0.4 is 5.32 Å². The van der Waals surface area contributed by atoms with Gasteiger partial charge in [0.1, 0.15) is 0 Å². The summed E-state index contributed by atoms with van der Waals surface area (Å²) in [6.45, 7) is 6.14. The summed E-state index contributed by atoms with van der Waals surface area (Å²) in [5, 5.41) is 3.32. The van der Waals surface area contributed by atoms with Gasteiger partial charge in [-0.1, -0.05) is 0 Å². The minimum atomic E-state index is 0.0412. The fourth-order valence-electron chi connectivity index (χ4n) is 2.73. The molecule has 1 N–H and O–H groups in total. The monoisotopic (exact) mass is 282 g/mol. The Balaban J connectivity index is 1.74. The predicted octanol–water partition coefficient (Wildman–Crippen LogP) is -0.637. The van der Waals surface area contributed by atoms with Crippen molar-refractivity contribution in [1.29, 1.82) is 0 Å². The van der Waals surface area contributed by atoms with E-state index in [0.29, 0.717) is 6.54 Å². The fourth-order valence-corrected chi connectivity index (χ4v) is 2.73. The molecule has 0 saturated carbocycles. The van der Waals surface area contributed by atoms with Crippen LogP contribution in [0.1, 0.15) is 19.3 Å². The Labute approximate surface area is 121 Å². The van der Waals surface area contributed by atoms with Crippen molar-refractivity contribution in [3.05, 3.63) is 0 Å². The Kier molecular flexibility index (Phi) is 5.79. The molecule has 20 heavy (non-hydrogen) atoms. The zero-order chi connectivity index (χ0) is 14.4. The highest BCUT2D eigenvalue weighted by Gasteiger charge is 2.22. The lowest BCUT2D eigenvalue weighted by atomic mass is 10.3. The van der Waals surface area contributed by atoms with Crippen LogP contribution in [-0.2, 0) is 9.59 Å². The molecule has 0 bridgehead atoms. The quantitative estimate of drug-likeness (QED) is 0.745. The maximum Gasteiger partial charge on any atom is 0.242 e. The number of likely N-dealkylation sites (tertiary alicyclic amines) is 1. The van der Waals surface area contributed by atoms with E-state index in [4.69, 9.17) is 0 Å². The minimum Gasteiger partial charge on any atom is -0.341 e. The molecule has 2 saturated heterocycles. The first-order valence-corrected chi connectivity index (χ1v) is 7.61. The van der Waals surface area contributed by atoms with Crippen LogP contribution in [0.25, 0.3) is 0 Å². The standard InChI is InChI=1S/C14H26N4O2/c1-16(11-14(20)18-8-2-3-9-18)13(19)12-17-7-4-5-15-6-10-17/h15H,2-12H2,1H3. The Morgan fingerprint density at radius 3 is 2.55 bits per heavy atom. The van der Waals surface area contributed by atoms with Crippen molar-refractivity contribution in [2.45, 2.75) is 19.3 Å². The molecule has 6 nitrogen and oxygen atoms in total. The van der Waals surface area contributed by atoms with Crippen molar-refractivity contribution < 1.29 is 9.59 Å². The van der Waals surface area contributed by atoms with Gasteiger partial charge in [-0.15, -0.1) is 0 Å². The van der Waals surface area contributed by atoms with E-state index in [0.717, 1.165) is 58.5 Å². The summed E-state index contributed by atoms with van der Waals surface area (Å²) in [5.41, 5.74) is 0. The summed E-state index contributed by atoms with van der Waals surface area (Å²) in [7, 11) is 1.73. The molecule has 2 aliphatic heterocycles. The van der Waals surface area contributed by atoms with Gasteiger partial charge in [0.2, 0.25) is 11.8 Å². The van der Waals surface area contributed by atoms with Gasteiger partial charge in [-0.25, -0.2) is 0 Å². The van der Waals surface area contributed by atoms with Gasteiger partial charge in [-0.3, -0.25) is 14.5 Å². The molecule has 2 aliphatic rings. The molecule has 0 radical (unpaired) electrons. The number of hydrogen-bond acceptors (Lipinski definition) is 4. The van der Waals surface area contributed by atoms with Crippen molar-refractivity contribution >= 4 is 11.8 Å². The number of nitrogens with zero attached hydrogens (tertiary/aromatic N) is 3. The number of rotatable bonds is 4. The van der Waals surface area contributed by atoms with Crippen LogP contribution in [0.15, 0.2) is 0 Å². The van der Waals surface area contributed by atoms with Crippen molar-refractivity contribution in [2.75, 3.05) is 59.4 Å². The van der Waals surface area contributed by atoms with E-state index in [1.54, 1.807) is 11.9 Å². The molecular formula is C14H26N4O2. The largest absolute Gasteiger partial charge is 0.341 e. The smallest absolute Gasteiger partial charge is 0.242 e. The summed E-state index contributed by atoms with van der Waals surface area (Å²) in [4.78, 5) is 29.8. The minimum absolute atomic E-state index is 0.0412. The third kappa shape index (κ3) is 4.45. The number of likely N-dealkylation sites (N-methyl/N-ethyl adjacent to an activating group) is 1. The molecule has 0 aromatic rings. The second-order valence-electron chi connectivity index (χ2n) is 5.72. The summed E-state index contributed by atoms with van der Waals surface area (Å²) >= 11 is 0. The Morgan fingerprint density at radius 1 is 1.05 bits per heavy atom. The van der Waals surface area contributed by atoms with E-state index in [2.05, 4.69) is 10.2 Å². The average molecular weight is 282 g/mol. The van der Waals surface area contributed by atoms with Crippen molar-refractivity contribution in [1.82, 2.24) is 20.0 Å². The first-order valence-electron chi connectivity index (χ1n) is 7.61. The molecule has 2 rings (SSSR count). The SMILES string of the molecule is CN(CC(=O)N1CCCC1)C(=O)CN1CCCNCC1. The van der Waals surface area contributed by atoms with Crippen LogP contribution in [0.4, 0.5) is 0 Å². The number of nitrogens with one attached hydrogen (secondary N) is 1. The number of hydrogen-bond donors (Lipinski definition) is 1. The third-order valence-corrected chi connectivity index (χ3v) is 4.05. The van der Waals surface area contributed by atoms with Gasteiger partial charge in [0, 0.05) is 33.2 Å². The van der Waals surface area contributed by atoms with Gasteiger partial charge >= 0.3 is 0 Å². The van der Waals surface area contributed by atoms with Gasteiger partial charge in [0.25, 0.3) is 0 Å². The second kappa shape index (κ2) is 7.59. The van der Waals surface area contributed by atoms with Crippen LogP contribution >= 0.6 is 0 Å². The Morgan fingerprint density at radius 2 is 1.80 bits per heavy atom. The Hall–Kier alpha value is -1.14. The number of amides is 2. The topological polar surface area (TPSA) is 55.9 Å². The van der Waals surface area contributed by atoms with Crippen molar-refractivity contribution in [3.8, 4) is 0 Å². The molecule has 0 atom stereocenters. The molecule has 0 aromatic carbocycles. The first-order chi connectivity index (χ1) is 9.66. The first kappa shape index (κ1) is 15.3. The molecular weight excluding hydrogens is 256 g/mol. The van der Waals surface area contributed by atoms with Crippen LogP contribution in [0.5, 0.6) is 0 Å². The van der Waals surface area contributed by atoms with Crippen LogP contribution in [0, 0.1) is 0 Å². The third-order valence-electron chi connectivity index (χ3n) is 4.05. The highest BCUT2D eigenvalue weighted by atomic mass is 16.2. The lowest BCUT2D eigenvalue weighted by Crippen LogP contribution is -2.44. The molecule has 114 valence electrons. The molecule has 0 spiro atoms. The predicted molar refractivity (Wildman–Crippen MR) is 77.4 cm³/mol. The molecule has 2 fully saturated rings. The normalized spacial score (nSPS) is 20.8. The molecule has 0 aromatic heterocycles. The summed E-state index contributed by atoms with van der Waals surface area (Å²) in [6.07, 6.45) is 3.25. The average Bonchev–Trinajstić information content (AvgIpc) is 2.85. The Bertz CT molecular complexity index is 334. The molecule has 2 amide bonds. The molecule has 2 heterocycles. The molecule has 0 unspecified atom stereocenters. The van der Waals surface area contributed by atoms with Crippen LogP contribution in [-0.4, -0.2) is 85.9 Å². The van der Waals surface area contributed by atoms with E-state index in [1.807, 2.05) is 4.90 Å². The van der Waals surface area contributed by atoms with E-state index in [9.17, 15) is 9.59 Å². The summed E-state index contributed by atoms with van der Waals surface area (Å²) in [6, 6.07) is 0. The maximum atomic E-state index is 12.2. The zero-order valence-electron chi connectivity index (χ0n) is 12.4. The van der Waals surface area contributed by atoms with Gasteiger partial charge in [0.15, 0.2) is 0 Å². The van der Waals surface area contributed by atoms with Gasteiger partial charge in [-0.2, -0.15) is 0 Å². The van der Waals surface area contributed by atoms with Crippen molar-refractivity contribution in [2.24, 2.45) is 0 Å². The number of carbonyl (C=O) groups excluding carboxylic acids is 2. The number of carbonyl (C=O) groups is 2. The summed E-state index contributed by atoms with van der Waals surface area (Å²) < 4.78 is 0. The lowest BCUT2D eigenvalue weighted by molar-refractivity contribution is -0.139. The van der Waals surface area contributed by atoms with Crippen molar-refractivity contribution in [3.63, 3.8) is 0 Å². The second-order valence-corrected chi connectivity index (χ2v) is 5.72. The van der Waals surface area contributed by atoms with E-state index in [1.165, 1.54) is 0 Å². The van der Waals surface area contributed by atoms with Gasteiger partial charge < -0.3 is 15.1 Å².